The third-order valence-corrected chi connectivity index (χ3v) is 5.76. The number of aromatic nitrogens is 4. The van der Waals surface area contributed by atoms with E-state index in [2.05, 4.69) is 20.3 Å². The Bertz CT molecular complexity index is 844. The van der Waals surface area contributed by atoms with E-state index in [0.29, 0.717) is 50.5 Å². The van der Waals surface area contributed by atoms with Gasteiger partial charge in [-0.1, -0.05) is 0 Å². The van der Waals surface area contributed by atoms with Crippen LogP contribution in [0.5, 0.6) is 0 Å². The first-order valence-electron chi connectivity index (χ1n) is 8.45. The van der Waals surface area contributed by atoms with Gasteiger partial charge in [-0.2, -0.15) is 0 Å². The number of carbonyl (C=O) groups is 1. The maximum atomic E-state index is 12.3. The molecule has 0 saturated carbocycles. The summed E-state index contributed by atoms with van der Waals surface area (Å²) in [5, 5.41) is 2.93. The van der Waals surface area contributed by atoms with Gasteiger partial charge in [-0.05, 0) is 12.8 Å². The van der Waals surface area contributed by atoms with Gasteiger partial charge in [0.2, 0.25) is 15.9 Å². The number of sulfonamides is 1. The molecule has 1 amide bonds. The quantitative estimate of drug-likeness (QED) is 0.765. The summed E-state index contributed by atoms with van der Waals surface area (Å²) in [6.45, 7) is 1.83. The van der Waals surface area contributed by atoms with Gasteiger partial charge in [-0.3, -0.25) is 9.78 Å². The highest BCUT2D eigenvalue weighted by atomic mass is 32.2. The van der Waals surface area contributed by atoms with Crippen molar-refractivity contribution >= 4 is 15.9 Å². The van der Waals surface area contributed by atoms with Crippen LogP contribution in [0.1, 0.15) is 12.8 Å². The highest BCUT2D eigenvalue weighted by Gasteiger charge is 2.28. The number of hydrogen-bond donors (Lipinski definition) is 1. The second kappa shape index (κ2) is 7.92. The summed E-state index contributed by atoms with van der Waals surface area (Å²) >= 11 is 0. The molecule has 1 aliphatic rings. The first kappa shape index (κ1) is 18.5. The number of piperidine rings is 1. The largest absolute Gasteiger partial charge is 0.354 e. The molecule has 0 aromatic carbocycles. The molecular formula is C16H22N6O3S. The average Bonchev–Trinajstić information content (AvgIpc) is 3.10. The number of rotatable bonds is 6. The van der Waals surface area contributed by atoms with Crippen LogP contribution in [-0.4, -0.2) is 64.0 Å². The smallest absolute Gasteiger partial charge is 0.223 e. The van der Waals surface area contributed by atoms with Crippen molar-refractivity contribution in [2.75, 3.05) is 25.9 Å². The molecule has 9 nitrogen and oxygen atoms in total. The number of imidazole rings is 1. The van der Waals surface area contributed by atoms with E-state index in [0.717, 1.165) is 0 Å². The lowest BCUT2D eigenvalue weighted by Gasteiger charge is -2.29. The van der Waals surface area contributed by atoms with Crippen LogP contribution in [0.3, 0.4) is 0 Å². The van der Waals surface area contributed by atoms with Crippen molar-refractivity contribution in [3.8, 4) is 11.5 Å². The van der Waals surface area contributed by atoms with Crippen LogP contribution < -0.4 is 5.32 Å². The zero-order chi connectivity index (χ0) is 18.6. The Morgan fingerprint density at radius 3 is 2.65 bits per heavy atom. The van der Waals surface area contributed by atoms with Crippen molar-refractivity contribution in [3.63, 3.8) is 0 Å². The van der Waals surface area contributed by atoms with Gasteiger partial charge < -0.3 is 9.88 Å². The molecular weight excluding hydrogens is 356 g/mol. The van der Waals surface area contributed by atoms with Crippen molar-refractivity contribution in [1.82, 2.24) is 29.1 Å². The zero-order valence-electron chi connectivity index (χ0n) is 14.6. The minimum Gasteiger partial charge on any atom is -0.354 e. The summed E-state index contributed by atoms with van der Waals surface area (Å²) < 4.78 is 26.4. The van der Waals surface area contributed by atoms with Crippen LogP contribution in [0.2, 0.25) is 0 Å². The van der Waals surface area contributed by atoms with Gasteiger partial charge in [0.05, 0.1) is 12.5 Å². The summed E-state index contributed by atoms with van der Waals surface area (Å²) in [5.41, 5.74) is 0.678. The van der Waals surface area contributed by atoms with E-state index >= 15 is 0 Å². The standard InChI is InChI=1S/C16H22N6O3S/c1-26(24,25)22-8-2-13(3-9-22)16(23)20-7-11-21-10-6-19-15(21)14-12-17-4-5-18-14/h4-6,10,12-13H,2-3,7-9,11H2,1H3,(H,20,23). The Hall–Kier alpha value is -2.33. The zero-order valence-corrected chi connectivity index (χ0v) is 15.4. The molecule has 2 aromatic heterocycles. The Morgan fingerprint density at radius 2 is 2.00 bits per heavy atom. The van der Waals surface area contributed by atoms with Gasteiger partial charge in [0.15, 0.2) is 5.82 Å². The van der Waals surface area contributed by atoms with Crippen LogP contribution in [0.4, 0.5) is 0 Å². The molecule has 3 rings (SSSR count). The van der Waals surface area contributed by atoms with Gasteiger partial charge in [-0.15, -0.1) is 0 Å². The van der Waals surface area contributed by atoms with Crippen LogP contribution in [0.15, 0.2) is 31.0 Å². The Kier molecular flexibility index (Phi) is 5.62. The summed E-state index contributed by atoms with van der Waals surface area (Å²) in [5.74, 6) is 0.531. The van der Waals surface area contributed by atoms with Crippen LogP contribution in [0, 0.1) is 5.92 Å². The maximum absolute atomic E-state index is 12.3. The van der Waals surface area contributed by atoms with E-state index in [4.69, 9.17) is 0 Å². The molecule has 1 N–H and O–H groups in total. The molecule has 0 unspecified atom stereocenters. The lowest BCUT2D eigenvalue weighted by Crippen LogP contribution is -2.43. The third kappa shape index (κ3) is 4.44. The summed E-state index contributed by atoms with van der Waals surface area (Å²) in [6, 6.07) is 0. The molecule has 2 aromatic rings. The molecule has 1 fully saturated rings. The van der Waals surface area contributed by atoms with E-state index in [-0.39, 0.29) is 11.8 Å². The van der Waals surface area contributed by atoms with Crippen LogP contribution >= 0.6 is 0 Å². The fraction of sp³-hybridized carbons (Fsp3) is 0.500. The third-order valence-electron chi connectivity index (χ3n) is 4.45. The van der Waals surface area contributed by atoms with Crippen molar-refractivity contribution in [2.24, 2.45) is 5.92 Å². The monoisotopic (exact) mass is 378 g/mol. The fourth-order valence-electron chi connectivity index (χ4n) is 3.03. The Morgan fingerprint density at radius 1 is 1.23 bits per heavy atom. The fourth-order valence-corrected chi connectivity index (χ4v) is 3.91. The summed E-state index contributed by atoms with van der Waals surface area (Å²) in [7, 11) is -3.17. The summed E-state index contributed by atoms with van der Waals surface area (Å²) in [6.07, 6.45) is 10.7. The topological polar surface area (TPSA) is 110 Å². The van der Waals surface area contributed by atoms with Crippen molar-refractivity contribution < 1.29 is 13.2 Å². The van der Waals surface area contributed by atoms with Gasteiger partial charge >= 0.3 is 0 Å². The Labute approximate surface area is 152 Å². The number of carbonyl (C=O) groups excluding carboxylic acids is 1. The van der Waals surface area contributed by atoms with Crippen LogP contribution in [-0.2, 0) is 21.4 Å². The lowest BCUT2D eigenvalue weighted by atomic mass is 9.97. The molecule has 0 atom stereocenters. The lowest BCUT2D eigenvalue weighted by molar-refractivity contribution is -0.126. The number of nitrogens with one attached hydrogen (secondary N) is 1. The van der Waals surface area contributed by atoms with E-state index in [9.17, 15) is 13.2 Å². The van der Waals surface area contributed by atoms with E-state index in [1.807, 2.05) is 10.8 Å². The predicted molar refractivity (Wildman–Crippen MR) is 95.4 cm³/mol. The first-order valence-corrected chi connectivity index (χ1v) is 10.3. The molecule has 140 valence electrons. The van der Waals surface area contributed by atoms with Crippen LogP contribution in [0.25, 0.3) is 11.5 Å². The second-order valence-corrected chi connectivity index (χ2v) is 8.24. The number of nitrogens with zero attached hydrogens (tertiary/aromatic N) is 5. The van der Waals surface area contributed by atoms with Gasteiger partial charge in [0.1, 0.15) is 5.69 Å². The molecule has 0 aliphatic carbocycles. The minimum atomic E-state index is -3.17. The van der Waals surface area contributed by atoms with Gasteiger partial charge in [0.25, 0.3) is 0 Å². The molecule has 10 heteroatoms. The molecule has 1 aliphatic heterocycles. The van der Waals surface area contributed by atoms with E-state index < -0.39 is 10.0 Å². The second-order valence-electron chi connectivity index (χ2n) is 6.26. The van der Waals surface area contributed by atoms with Crippen molar-refractivity contribution in [2.45, 2.75) is 19.4 Å². The summed E-state index contributed by atoms with van der Waals surface area (Å²) in [4.78, 5) is 24.9. The molecule has 26 heavy (non-hydrogen) atoms. The van der Waals surface area contributed by atoms with Gasteiger partial charge in [-0.25, -0.2) is 22.7 Å². The Balaban J connectivity index is 1.49. The van der Waals surface area contributed by atoms with Crippen molar-refractivity contribution in [3.05, 3.63) is 31.0 Å². The molecule has 0 bridgehead atoms. The first-order chi connectivity index (χ1) is 12.4. The van der Waals surface area contributed by atoms with E-state index in [1.54, 1.807) is 24.8 Å². The molecule has 0 spiro atoms. The molecule has 1 saturated heterocycles. The van der Waals surface area contributed by atoms with E-state index in [1.165, 1.54) is 10.6 Å². The molecule has 3 heterocycles. The normalized spacial score (nSPS) is 16.5. The average molecular weight is 378 g/mol. The molecule has 0 radical (unpaired) electrons. The maximum Gasteiger partial charge on any atom is 0.223 e. The number of hydrogen-bond acceptors (Lipinski definition) is 6. The van der Waals surface area contributed by atoms with Crippen molar-refractivity contribution in [1.29, 1.82) is 0 Å². The minimum absolute atomic E-state index is 0.0284. The highest BCUT2D eigenvalue weighted by molar-refractivity contribution is 7.88. The highest BCUT2D eigenvalue weighted by Crippen LogP contribution is 2.19. The number of amides is 1. The SMILES string of the molecule is CS(=O)(=O)N1CCC(C(=O)NCCn2ccnc2-c2cnccn2)CC1. The van der Waals surface area contributed by atoms with Gasteiger partial charge in [0, 0.05) is 56.9 Å². The predicted octanol–water partition coefficient (Wildman–Crippen LogP) is 0.128.